The number of aromatic amines is 1. The molecule has 0 unspecified atom stereocenters. The molecule has 1 aliphatic rings. The van der Waals surface area contributed by atoms with Crippen LogP contribution < -0.4 is 0 Å². The largest absolute Gasteiger partial charge is 0.385 e. The van der Waals surface area contributed by atoms with Crippen molar-refractivity contribution >= 4 is 10.0 Å². The van der Waals surface area contributed by atoms with Gasteiger partial charge in [0.15, 0.2) is 0 Å². The molecule has 3 rings (SSSR count). The molecule has 7 nitrogen and oxygen atoms in total. The quantitative estimate of drug-likeness (QED) is 0.870. The van der Waals surface area contributed by atoms with Gasteiger partial charge in [-0.25, -0.2) is 13.4 Å². The fourth-order valence-corrected chi connectivity index (χ4v) is 4.49. The minimum absolute atomic E-state index is 0.0342. The topological polar surface area (TPSA) is 110 Å². The number of aliphatic hydroxyl groups is 1. The monoisotopic (exact) mass is 346 g/mol. The molecule has 1 aromatic heterocycles. The lowest BCUT2D eigenvalue weighted by molar-refractivity contribution is 0.0696. The average Bonchev–Trinajstić information content (AvgIpc) is 3.16. The van der Waals surface area contributed by atoms with Gasteiger partial charge in [0.25, 0.3) is 0 Å². The fourth-order valence-electron chi connectivity index (χ4n) is 2.97. The van der Waals surface area contributed by atoms with Gasteiger partial charge in [0, 0.05) is 25.5 Å². The van der Waals surface area contributed by atoms with Gasteiger partial charge in [0.1, 0.15) is 11.9 Å². The summed E-state index contributed by atoms with van der Waals surface area (Å²) in [6, 6.07) is 7.98. The second-order valence-electron chi connectivity index (χ2n) is 5.80. The molecule has 24 heavy (non-hydrogen) atoms. The summed E-state index contributed by atoms with van der Waals surface area (Å²) in [5, 5.41) is 19.2. The first-order valence-corrected chi connectivity index (χ1v) is 9.14. The highest BCUT2D eigenvalue weighted by Crippen LogP contribution is 2.31. The molecule has 1 atom stereocenters. The number of sulfonamides is 1. The molecule has 1 fully saturated rings. The normalized spacial score (nSPS) is 18.2. The predicted octanol–water partition coefficient (Wildman–Crippen LogP) is 1.42. The maximum absolute atomic E-state index is 12.7. The highest BCUT2D eigenvalue weighted by atomic mass is 32.2. The van der Waals surface area contributed by atoms with E-state index in [1.54, 1.807) is 24.5 Å². The molecule has 1 aromatic carbocycles. The Labute approximate surface area is 140 Å². The fraction of sp³-hybridized carbons (Fsp3) is 0.375. The van der Waals surface area contributed by atoms with Gasteiger partial charge in [-0.3, -0.25) is 0 Å². The highest BCUT2D eigenvalue weighted by Gasteiger charge is 2.33. The lowest BCUT2D eigenvalue weighted by Crippen LogP contribution is -2.39. The van der Waals surface area contributed by atoms with Crippen molar-refractivity contribution in [1.82, 2.24) is 14.3 Å². The molecule has 0 saturated carbocycles. The van der Waals surface area contributed by atoms with Gasteiger partial charge < -0.3 is 10.1 Å². The van der Waals surface area contributed by atoms with Crippen molar-refractivity contribution < 1.29 is 13.5 Å². The van der Waals surface area contributed by atoms with Crippen LogP contribution in [0.2, 0.25) is 0 Å². The van der Waals surface area contributed by atoms with Gasteiger partial charge in [-0.05, 0) is 37.0 Å². The maximum Gasteiger partial charge on any atom is 0.243 e. The van der Waals surface area contributed by atoms with Crippen LogP contribution in [0.15, 0.2) is 41.6 Å². The molecule has 2 heterocycles. The predicted molar refractivity (Wildman–Crippen MR) is 86.2 cm³/mol. The molecule has 0 bridgehead atoms. The molecule has 0 radical (unpaired) electrons. The Balaban J connectivity index is 1.70. The lowest BCUT2D eigenvalue weighted by atomic mass is 9.92. The number of nitrogens with one attached hydrogen (secondary N) is 1. The second-order valence-corrected chi connectivity index (χ2v) is 7.74. The van der Waals surface area contributed by atoms with E-state index in [2.05, 4.69) is 9.97 Å². The third-order valence-corrected chi connectivity index (χ3v) is 6.24. The Hall–Kier alpha value is -2.21. The number of piperidine rings is 1. The highest BCUT2D eigenvalue weighted by molar-refractivity contribution is 7.89. The number of hydrogen-bond donors (Lipinski definition) is 2. The number of benzene rings is 1. The van der Waals surface area contributed by atoms with Crippen LogP contribution in [0.4, 0.5) is 0 Å². The van der Waals surface area contributed by atoms with Crippen LogP contribution in [-0.2, 0) is 10.0 Å². The summed E-state index contributed by atoms with van der Waals surface area (Å²) >= 11 is 0. The van der Waals surface area contributed by atoms with Crippen LogP contribution in [0.25, 0.3) is 0 Å². The summed E-state index contributed by atoms with van der Waals surface area (Å²) in [5.41, 5.74) is 0.319. The zero-order valence-corrected chi connectivity index (χ0v) is 13.8. The maximum atomic E-state index is 12.7. The van der Waals surface area contributed by atoms with E-state index in [0.717, 1.165) is 0 Å². The lowest BCUT2D eigenvalue weighted by Gasteiger charge is -2.32. The summed E-state index contributed by atoms with van der Waals surface area (Å²) in [6.45, 7) is 0.670. The first kappa shape index (κ1) is 16.6. The van der Waals surface area contributed by atoms with Gasteiger partial charge in [-0.2, -0.15) is 9.57 Å². The summed E-state index contributed by atoms with van der Waals surface area (Å²) in [5.74, 6) is 0.478. The zero-order chi connectivity index (χ0) is 17.2. The molecule has 1 saturated heterocycles. The zero-order valence-electron chi connectivity index (χ0n) is 13.0. The molecule has 0 amide bonds. The second kappa shape index (κ2) is 6.73. The molecular weight excluding hydrogens is 328 g/mol. The van der Waals surface area contributed by atoms with E-state index in [0.29, 0.717) is 37.3 Å². The standard InChI is InChI=1S/C16H18N4O3S/c17-11-12-2-1-3-14(10-12)24(22,23)20-8-4-13(5-9-20)15(21)16-18-6-7-19-16/h1-3,6-7,10,13,15,21H,4-5,8-9H2,(H,18,19)/t15-/m0/s1. The number of aliphatic hydroxyl groups excluding tert-OH is 1. The molecule has 0 spiro atoms. The van der Waals surface area contributed by atoms with E-state index in [4.69, 9.17) is 5.26 Å². The number of nitriles is 1. The number of nitrogens with zero attached hydrogens (tertiary/aromatic N) is 3. The number of hydrogen-bond acceptors (Lipinski definition) is 5. The third kappa shape index (κ3) is 3.19. The van der Waals surface area contributed by atoms with Gasteiger partial charge >= 0.3 is 0 Å². The van der Waals surface area contributed by atoms with Crippen LogP contribution in [0.1, 0.15) is 30.3 Å². The molecule has 2 aromatic rings. The Morgan fingerprint density at radius 3 is 2.75 bits per heavy atom. The van der Waals surface area contributed by atoms with Crippen LogP contribution in [-0.4, -0.2) is 40.9 Å². The van der Waals surface area contributed by atoms with Crippen LogP contribution in [0.3, 0.4) is 0 Å². The first-order chi connectivity index (χ1) is 11.5. The van der Waals surface area contributed by atoms with Crippen molar-refractivity contribution in [2.24, 2.45) is 5.92 Å². The van der Waals surface area contributed by atoms with E-state index in [9.17, 15) is 13.5 Å². The van der Waals surface area contributed by atoms with Crippen LogP contribution in [0, 0.1) is 17.2 Å². The molecule has 8 heteroatoms. The SMILES string of the molecule is N#Cc1cccc(S(=O)(=O)N2CCC([C@H](O)c3ncc[nH]3)CC2)c1. The van der Waals surface area contributed by atoms with E-state index in [-0.39, 0.29) is 10.8 Å². The van der Waals surface area contributed by atoms with Crippen molar-refractivity contribution in [3.8, 4) is 6.07 Å². The molecule has 0 aliphatic carbocycles. The van der Waals surface area contributed by atoms with Crippen LogP contribution >= 0.6 is 0 Å². The van der Waals surface area contributed by atoms with Crippen molar-refractivity contribution in [3.63, 3.8) is 0 Å². The summed E-state index contributed by atoms with van der Waals surface area (Å²) in [7, 11) is -3.62. The van der Waals surface area contributed by atoms with Crippen LogP contribution in [0.5, 0.6) is 0 Å². The number of rotatable bonds is 4. The molecule has 1 aliphatic heterocycles. The Morgan fingerprint density at radius 1 is 1.38 bits per heavy atom. The van der Waals surface area contributed by atoms with Gasteiger partial charge in [0.2, 0.25) is 10.0 Å². The number of aromatic nitrogens is 2. The van der Waals surface area contributed by atoms with Crippen molar-refractivity contribution in [1.29, 1.82) is 5.26 Å². The van der Waals surface area contributed by atoms with Gasteiger partial charge in [0.05, 0.1) is 16.5 Å². The average molecular weight is 346 g/mol. The summed E-state index contributed by atoms with van der Waals surface area (Å²) in [6.07, 6.45) is 3.63. The summed E-state index contributed by atoms with van der Waals surface area (Å²) in [4.78, 5) is 7.08. The Kier molecular flexibility index (Phi) is 4.66. The number of H-pyrrole nitrogens is 1. The number of imidazole rings is 1. The van der Waals surface area contributed by atoms with E-state index in [1.807, 2.05) is 6.07 Å². The molecule has 126 valence electrons. The third-order valence-electron chi connectivity index (χ3n) is 4.35. The Morgan fingerprint density at radius 2 is 2.12 bits per heavy atom. The van der Waals surface area contributed by atoms with Gasteiger partial charge in [-0.1, -0.05) is 6.07 Å². The van der Waals surface area contributed by atoms with E-state index < -0.39 is 16.1 Å². The minimum Gasteiger partial charge on any atom is -0.385 e. The molecule has 2 N–H and O–H groups in total. The first-order valence-electron chi connectivity index (χ1n) is 7.70. The summed E-state index contributed by atoms with van der Waals surface area (Å²) < 4.78 is 26.8. The van der Waals surface area contributed by atoms with Gasteiger partial charge in [-0.15, -0.1) is 0 Å². The minimum atomic E-state index is -3.62. The van der Waals surface area contributed by atoms with E-state index in [1.165, 1.54) is 16.4 Å². The van der Waals surface area contributed by atoms with E-state index >= 15 is 0 Å². The van der Waals surface area contributed by atoms with Crippen molar-refractivity contribution in [2.75, 3.05) is 13.1 Å². The molecular formula is C16H18N4O3S. The van der Waals surface area contributed by atoms with Crippen molar-refractivity contribution in [3.05, 3.63) is 48.0 Å². The smallest absolute Gasteiger partial charge is 0.243 e. The Bertz CT molecular complexity index is 834. The van der Waals surface area contributed by atoms with Crippen molar-refractivity contribution in [2.45, 2.75) is 23.8 Å².